The van der Waals surface area contributed by atoms with Gasteiger partial charge in [-0.05, 0) is 26.3 Å². The van der Waals surface area contributed by atoms with Gasteiger partial charge in [0.05, 0.1) is 6.07 Å². The van der Waals surface area contributed by atoms with Gasteiger partial charge in [-0.15, -0.1) is 0 Å². The van der Waals surface area contributed by atoms with E-state index in [2.05, 4.69) is 21.5 Å². The maximum absolute atomic E-state index is 9.03. The van der Waals surface area contributed by atoms with E-state index in [0.29, 0.717) is 0 Å². The van der Waals surface area contributed by atoms with E-state index < -0.39 is 5.54 Å². The second-order valence-corrected chi connectivity index (χ2v) is 3.74. The number of rotatable bonds is 6. The Balaban J connectivity index is 2.32. The number of aryl methyl sites for hydroxylation is 1. The highest BCUT2D eigenvalue weighted by molar-refractivity contribution is 5.03. The number of hydrogen-bond acceptors (Lipinski definition) is 4. The Morgan fingerprint density at radius 2 is 2.40 bits per heavy atom. The van der Waals surface area contributed by atoms with Crippen molar-refractivity contribution >= 4 is 0 Å². The third-order valence-corrected chi connectivity index (χ3v) is 2.34. The fourth-order valence-electron chi connectivity index (χ4n) is 1.52. The van der Waals surface area contributed by atoms with Gasteiger partial charge in [0.1, 0.15) is 18.2 Å². The summed E-state index contributed by atoms with van der Waals surface area (Å²) in [7, 11) is 0. The van der Waals surface area contributed by atoms with Crippen LogP contribution in [0, 0.1) is 11.3 Å². The molecule has 0 amide bonds. The standard InChI is InChI=1S/C10H17N5/c1-3-13-10(2,7-11)5-4-6-15-9-12-8-14-15/h8-9,13H,3-6H2,1-2H3. The van der Waals surface area contributed by atoms with Gasteiger partial charge in [-0.1, -0.05) is 6.92 Å². The van der Waals surface area contributed by atoms with Crippen molar-refractivity contribution in [2.24, 2.45) is 0 Å². The van der Waals surface area contributed by atoms with Crippen molar-refractivity contribution in [2.75, 3.05) is 6.54 Å². The van der Waals surface area contributed by atoms with Crippen molar-refractivity contribution in [3.05, 3.63) is 12.7 Å². The zero-order valence-electron chi connectivity index (χ0n) is 9.27. The molecule has 0 fully saturated rings. The van der Waals surface area contributed by atoms with Gasteiger partial charge >= 0.3 is 0 Å². The molecule has 1 heterocycles. The quantitative estimate of drug-likeness (QED) is 0.754. The average Bonchev–Trinajstić information content (AvgIpc) is 2.71. The second kappa shape index (κ2) is 5.47. The molecule has 0 radical (unpaired) electrons. The Morgan fingerprint density at radius 3 is 2.93 bits per heavy atom. The first-order valence-electron chi connectivity index (χ1n) is 5.19. The van der Waals surface area contributed by atoms with Gasteiger partial charge in [-0.3, -0.25) is 10.00 Å². The van der Waals surface area contributed by atoms with Gasteiger partial charge in [0.25, 0.3) is 0 Å². The monoisotopic (exact) mass is 207 g/mol. The predicted molar refractivity (Wildman–Crippen MR) is 57.0 cm³/mol. The summed E-state index contributed by atoms with van der Waals surface area (Å²) in [6.45, 7) is 5.56. The molecule has 1 aromatic heterocycles. The van der Waals surface area contributed by atoms with Gasteiger partial charge in [0.2, 0.25) is 0 Å². The summed E-state index contributed by atoms with van der Waals surface area (Å²) in [6.07, 6.45) is 4.95. The van der Waals surface area contributed by atoms with E-state index in [9.17, 15) is 0 Å². The van der Waals surface area contributed by atoms with Gasteiger partial charge in [0, 0.05) is 6.54 Å². The molecule has 82 valence electrons. The Hall–Kier alpha value is -1.41. The first-order chi connectivity index (χ1) is 7.20. The van der Waals surface area contributed by atoms with Crippen LogP contribution in [-0.2, 0) is 6.54 Å². The molecule has 0 aliphatic carbocycles. The Labute approximate surface area is 90.1 Å². The summed E-state index contributed by atoms with van der Waals surface area (Å²) in [4.78, 5) is 3.86. The van der Waals surface area contributed by atoms with Crippen LogP contribution in [0.4, 0.5) is 0 Å². The number of hydrogen-bond donors (Lipinski definition) is 1. The Bertz CT molecular complexity index is 313. The molecular weight excluding hydrogens is 190 g/mol. The smallest absolute Gasteiger partial charge is 0.137 e. The Kier molecular flexibility index (Phi) is 4.25. The second-order valence-electron chi connectivity index (χ2n) is 3.74. The molecule has 0 saturated carbocycles. The molecule has 0 bridgehead atoms. The van der Waals surface area contributed by atoms with Crippen molar-refractivity contribution in [3.63, 3.8) is 0 Å². The molecular formula is C10H17N5. The van der Waals surface area contributed by atoms with Gasteiger partial charge in [-0.2, -0.15) is 10.4 Å². The molecule has 1 aromatic rings. The van der Waals surface area contributed by atoms with E-state index in [1.807, 2.05) is 13.8 Å². The van der Waals surface area contributed by atoms with Crippen LogP contribution in [0.15, 0.2) is 12.7 Å². The van der Waals surface area contributed by atoms with Gasteiger partial charge < -0.3 is 0 Å². The Morgan fingerprint density at radius 1 is 1.60 bits per heavy atom. The van der Waals surface area contributed by atoms with E-state index >= 15 is 0 Å². The molecule has 1 rings (SSSR count). The number of nitrogens with zero attached hydrogens (tertiary/aromatic N) is 4. The molecule has 1 unspecified atom stereocenters. The van der Waals surface area contributed by atoms with E-state index in [-0.39, 0.29) is 0 Å². The van der Waals surface area contributed by atoms with Gasteiger partial charge in [0.15, 0.2) is 0 Å². The third-order valence-electron chi connectivity index (χ3n) is 2.34. The fraction of sp³-hybridized carbons (Fsp3) is 0.700. The summed E-state index contributed by atoms with van der Waals surface area (Å²) >= 11 is 0. The van der Waals surface area contributed by atoms with Crippen molar-refractivity contribution in [1.82, 2.24) is 20.1 Å². The highest BCUT2D eigenvalue weighted by Gasteiger charge is 2.21. The summed E-state index contributed by atoms with van der Waals surface area (Å²) in [5, 5.41) is 16.2. The van der Waals surface area contributed by atoms with Crippen LogP contribution in [-0.4, -0.2) is 26.8 Å². The highest BCUT2D eigenvalue weighted by atomic mass is 15.3. The zero-order valence-corrected chi connectivity index (χ0v) is 9.27. The SMILES string of the molecule is CCNC(C)(C#N)CCCn1cncn1. The molecule has 0 aliphatic rings. The summed E-state index contributed by atoms with van der Waals surface area (Å²) in [6, 6.07) is 2.30. The first kappa shape index (κ1) is 11.7. The number of nitriles is 1. The van der Waals surface area contributed by atoms with E-state index in [1.165, 1.54) is 6.33 Å². The van der Waals surface area contributed by atoms with Crippen LogP contribution < -0.4 is 5.32 Å². The van der Waals surface area contributed by atoms with Crippen LogP contribution in [0.25, 0.3) is 0 Å². The summed E-state index contributed by atoms with van der Waals surface area (Å²) in [5.74, 6) is 0. The topological polar surface area (TPSA) is 66.5 Å². The predicted octanol–water partition coefficient (Wildman–Crippen LogP) is 0.950. The number of nitrogens with one attached hydrogen (secondary N) is 1. The molecule has 5 heteroatoms. The fourth-order valence-corrected chi connectivity index (χ4v) is 1.52. The van der Waals surface area contributed by atoms with E-state index in [4.69, 9.17) is 5.26 Å². The van der Waals surface area contributed by atoms with Crippen LogP contribution in [0.5, 0.6) is 0 Å². The van der Waals surface area contributed by atoms with Crippen molar-refractivity contribution in [1.29, 1.82) is 5.26 Å². The van der Waals surface area contributed by atoms with Gasteiger partial charge in [-0.25, -0.2) is 4.98 Å². The summed E-state index contributed by atoms with van der Waals surface area (Å²) in [5.41, 5.74) is -0.421. The molecule has 0 aromatic carbocycles. The lowest BCUT2D eigenvalue weighted by molar-refractivity contribution is 0.397. The molecule has 0 saturated heterocycles. The molecule has 5 nitrogen and oxygen atoms in total. The third kappa shape index (κ3) is 3.68. The maximum atomic E-state index is 9.03. The van der Waals surface area contributed by atoms with Crippen molar-refractivity contribution in [3.8, 4) is 6.07 Å². The van der Waals surface area contributed by atoms with E-state index in [0.717, 1.165) is 25.9 Å². The molecule has 0 spiro atoms. The molecule has 1 atom stereocenters. The summed E-state index contributed by atoms with van der Waals surface area (Å²) < 4.78 is 1.78. The lowest BCUT2D eigenvalue weighted by atomic mass is 9.98. The normalized spacial score (nSPS) is 14.5. The molecule has 1 N–H and O–H groups in total. The molecule has 0 aliphatic heterocycles. The van der Waals surface area contributed by atoms with Crippen molar-refractivity contribution in [2.45, 2.75) is 38.8 Å². The van der Waals surface area contributed by atoms with Crippen molar-refractivity contribution < 1.29 is 0 Å². The minimum Gasteiger partial charge on any atom is -0.300 e. The van der Waals surface area contributed by atoms with Crippen LogP contribution >= 0.6 is 0 Å². The molecule has 15 heavy (non-hydrogen) atoms. The lowest BCUT2D eigenvalue weighted by Crippen LogP contribution is -2.40. The average molecular weight is 207 g/mol. The van der Waals surface area contributed by atoms with E-state index in [1.54, 1.807) is 11.0 Å². The minimum absolute atomic E-state index is 0.421. The number of aromatic nitrogens is 3. The maximum Gasteiger partial charge on any atom is 0.137 e. The lowest BCUT2D eigenvalue weighted by Gasteiger charge is -2.22. The zero-order chi connectivity index (χ0) is 11.1. The van der Waals surface area contributed by atoms with Crippen LogP contribution in [0.1, 0.15) is 26.7 Å². The first-order valence-corrected chi connectivity index (χ1v) is 5.19. The minimum atomic E-state index is -0.421. The van der Waals surface area contributed by atoms with Crippen LogP contribution in [0.3, 0.4) is 0 Å². The highest BCUT2D eigenvalue weighted by Crippen LogP contribution is 2.11. The largest absolute Gasteiger partial charge is 0.300 e. The van der Waals surface area contributed by atoms with Crippen LogP contribution in [0.2, 0.25) is 0 Å².